The molecule has 0 aliphatic heterocycles. The van der Waals surface area contributed by atoms with Gasteiger partial charge in [-0.3, -0.25) is 4.79 Å². The number of rotatable bonds is 4. The van der Waals surface area contributed by atoms with E-state index in [0.29, 0.717) is 35.0 Å². The summed E-state index contributed by atoms with van der Waals surface area (Å²) in [6.07, 6.45) is 1.19. The maximum absolute atomic E-state index is 12.5. The largest absolute Gasteiger partial charge is 0.455 e. The fraction of sp³-hybridized carbons (Fsp3) is 0.316. The Bertz CT molecular complexity index is 820. The lowest BCUT2D eigenvalue weighted by Crippen LogP contribution is -2.24. The van der Waals surface area contributed by atoms with Crippen molar-refractivity contribution in [3.63, 3.8) is 0 Å². The van der Waals surface area contributed by atoms with E-state index in [1.165, 1.54) is 0 Å². The van der Waals surface area contributed by atoms with Crippen LogP contribution in [0.1, 0.15) is 59.8 Å². The number of benzene rings is 1. The van der Waals surface area contributed by atoms with E-state index in [9.17, 15) is 14.9 Å². The Morgan fingerprint density at radius 3 is 2.54 bits per heavy atom. The van der Waals surface area contributed by atoms with Gasteiger partial charge >= 0.3 is 5.97 Å². The molecule has 24 heavy (non-hydrogen) atoms. The number of carbonyl (C=O) groups excluding carboxylic acids is 2. The number of nitrogens with zero attached hydrogens (tertiary/aromatic N) is 1. The number of hydrogen-bond acceptors (Lipinski definition) is 4. The normalized spacial score (nSPS) is 11.0. The van der Waals surface area contributed by atoms with Gasteiger partial charge in [-0.25, -0.2) is 4.79 Å². The van der Waals surface area contributed by atoms with Crippen LogP contribution in [0.15, 0.2) is 24.3 Å². The van der Waals surface area contributed by atoms with Crippen LogP contribution < -0.4 is 0 Å². The lowest BCUT2D eigenvalue weighted by Gasteiger charge is -2.19. The first-order valence-electron chi connectivity index (χ1n) is 7.75. The molecular formula is C19H20N2O3. The minimum atomic E-state index is -0.640. The molecule has 1 aromatic heterocycles. The monoisotopic (exact) mass is 324 g/mol. The molecule has 5 heteroatoms. The second-order valence-corrected chi connectivity index (χ2v) is 6.40. The Morgan fingerprint density at radius 1 is 1.33 bits per heavy atom. The summed E-state index contributed by atoms with van der Waals surface area (Å²) in [5, 5.41) is 9.34. The molecule has 0 atom stereocenters. The Morgan fingerprint density at radius 2 is 2.00 bits per heavy atom. The zero-order valence-corrected chi connectivity index (χ0v) is 14.3. The van der Waals surface area contributed by atoms with E-state index < -0.39 is 11.6 Å². The summed E-state index contributed by atoms with van der Waals surface area (Å²) in [5.41, 5.74) is 2.24. The molecule has 0 aliphatic carbocycles. The smallest absolute Gasteiger partial charge is 0.355 e. The lowest BCUT2D eigenvalue weighted by atomic mass is 9.95. The molecule has 1 N–H and O–H groups in total. The molecule has 0 radical (unpaired) electrons. The fourth-order valence-corrected chi connectivity index (χ4v) is 2.61. The average Bonchev–Trinajstić information content (AvgIpc) is 2.91. The highest BCUT2D eigenvalue weighted by Gasteiger charge is 2.26. The number of esters is 1. The number of nitrogens with one attached hydrogen (secondary N) is 1. The van der Waals surface area contributed by atoms with Crippen molar-refractivity contribution in [3.05, 3.63) is 46.8 Å². The van der Waals surface area contributed by atoms with E-state index >= 15 is 0 Å². The van der Waals surface area contributed by atoms with Crippen molar-refractivity contribution in [2.24, 2.45) is 0 Å². The highest BCUT2D eigenvalue weighted by atomic mass is 16.6. The summed E-state index contributed by atoms with van der Waals surface area (Å²) in [7, 11) is 0. The summed E-state index contributed by atoms with van der Waals surface area (Å²) in [5.74, 6) is -0.511. The van der Waals surface area contributed by atoms with Gasteiger partial charge in [-0.1, -0.05) is 25.1 Å². The number of carbonyl (C=O) groups is 2. The van der Waals surface area contributed by atoms with Crippen LogP contribution in [0.3, 0.4) is 0 Å². The lowest BCUT2D eigenvalue weighted by molar-refractivity contribution is 0.00624. The maximum atomic E-state index is 12.5. The van der Waals surface area contributed by atoms with Gasteiger partial charge in [0, 0.05) is 11.1 Å². The number of aromatic nitrogens is 1. The quantitative estimate of drug-likeness (QED) is 0.683. The summed E-state index contributed by atoms with van der Waals surface area (Å²) in [6.45, 7) is 7.24. The van der Waals surface area contributed by atoms with Crippen molar-refractivity contribution >= 4 is 12.3 Å². The van der Waals surface area contributed by atoms with Crippen LogP contribution >= 0.6 is 0 Å². The first-order chi connectivity index (χ1) is 11.3. The van der Waals surface area contributed by atoms with E-state index in [4.69, 9.17) is 4.74 Å². The average molecular weight is 324 g/mol. The van der Waals surface area contributed by atoms with Crippen molar-refractivity contribution in [2.75, 3.05) is 0 Å². The molecule has 124 valence electrons. The number of hydrogen-bond donors (Lipinski definition) is 1. The summed E-state index contributed by atoms with van der Waals surface area (Å²) in [4.78, 5) is 26.9. The topological polar surface area (TPSA) is 83.0 Å². The molecule has 0 amide bonds. The van der Waals surface area contributed by atoms with Crippen LogP contribution in [-0.4, -0.2) is 22.8 Å². The van der Waals surface area contributed by atoms with Crippen LogP contribution in [0, 0.1) is 11.3 Å². The maximum Gasteiger partial charge on any atom is 0.355 e. The minimum absolute atomic E-state index is 0.261. The molecular weight excluding hydrogens is 304 g/mol. The van der Waals surface area contributed by atoms with Gasteiger partial charge in [0.1, 0.15) is 11.3 Å². The van der Waals surface area contributed by atoms with Gasteiger partial charge in [-0.05, 0) is 38.8 Å². The van der Waals surface area contributed by atoms with Crippen LogP contribution in [0.5, 0.6) is 0 Å². The molecule has 0 saturated carbocycles. The summed E-state index contributed by atoms with van der Waals surface area (Å²) in [6, 6.07) is 9.14. The van der Waals surface area contributed by atoms with Crippen LogP contribution in [0.2, 0.25) is 0 Å². The van der Waals surface area contributed by atoms with Gasteiger partial charge in [0.05, 0.1) is 17.3 Å². The third-order valence-corrected chi connectivity index (χ3v) is 3.52. The van der Waals surface area contributed by atoms with Gasteiger partial charge < -0.3 is 9.72 Å². The predicted octanol–water partition coefficient (Wildman–Crippen LogP) is 3.88. The third kappa shape index (κ3) is 3.38. The number of nitriles is 1. The Labute approximate surface area is 141 Å². The first kappa shape index (κ1) is 17.5. The van der Waals surface area contributed by atoms with E-state index in [0.717, 1.165) is 0 Å². The number of aldehydes is 1. The van der Waals surface area contributed by atoms with Gasteiger partial charge in [0.2, 0.25) is 0 Å². The van der Waals surface area contributed by atoms with E-state index in [-0.39, 0.29) is 11.4 Å². The minimum Gasteiger partial charge on any atom is -0.455 e. The zero-order valence-electron chi connectivity index (χ0n) is 14.3. The molecule has 0 saturated heterocycles. The number of ether oxygens (including phenoxy) is 1. The zero-order chi connectivity index (χ0) is 17.9. The van der Waals surface area contributed by atoms with Gasteiger partial charge in [0.15, 0.2) is 6.29 Å². The Hall–Kier alpha value is -2.87. The van der Waals surface area contributed by atoms with Gasteiger partial charge in [-0.2, -0.15) is 5.26 Å². The standard InChI is InChI=1S/C19H20N2O3/c1-5-13-16(14-9-7-6-8-12(14)10-20)15(11-22)21-17(13)18(23)24-19(2,3)4/h6-9,11,21H,5H2,1-4H3. The van der Waals surface area contributed by atoms with Crippen LogP contribution in [0.4, 0.5) is 0 Å². The summed E-state index contributed by atoms with van der Waals surface area (Å²) < 4.78 is 5.42. The van der Waals surface area contributed by atoms with Crippen LogP contribution in [-0.2, 0) is 11.2 Å². The van der Waals surface area contributed by atoms with Crippen molar-refractivity contribution < 1.29 is 14.3 Å². The first-order valence-corrected chi connectivity index (χ1v) is 7.75. The van der Waals surface area contributed by atoms with Crippen molar-refractivity contribution in [3.8, 4) is 17.2 Å². The molecule has 1 heterocycles. The highest BCUT2D eigenvalue weighted by molar-refractivity contribution is 5.98. The van der Waals surface area contributed by atoms with E-state index in [1.54, 1.807) is 45.0 Å². The molecule has 2 rings (SSSR count). The van der Waals surface area contributed by atoms with Crippen molar-refractivity contribution in [1.29, 1.82) is 5.26 Å². The molecule has 0 unspecified atom stereocenters. The molecule has 2 aromatic rings. The molecule has 0 spiro atoms. The fourth-order valence-electron chi connectivity index (χ4n) is 2.61. The molecule has 0 aliphatic rings. The highest BCUT2D eigenvalue weighted by Crippen LogP contribution is 2.33. The van der Waals surface area contributed by atoms with Crippen molar-refractivity contribution in [2.45, 2.75) is 39.7 Å². The van der Waals surface area contributed by atoms with Gasteiger partial charge in [-0.15, -0.1) is 0 Å². The molecule has 1 aromatic carbocycles. The molecule has 0 bridgehead atoms. The Balaban J connectivity index is 2.67. The molecule has 5 nitrogen and oxygen atoms in total. The third-order valence-electron chi connectivity index (χ3n) is 3.52. The van der Waals surface area contributed by atoms with Gasteiger partial charge in [0.25, 0.3) is 0 Å². The number of aromatic amines is 1. The van der Waals surface area contributed by atoms with E-state index in [2.05, 4.69) is 11.1 Å². The second-order valence-electron chi connectivity index (χ2n) is 6.40. The summed E-state index contributed by atoms with van der Waals surface area (Å²) >= 11 is 0. The van der Waals surface area contributed by atoms with Crippen molar-refractivity contribution in [1.82, 2.24) is 4.98 Å². The predicted molar refractivity (Wildman–Crippen MR) is 90.9 cm³/mol. The van der Waals surface area contributed by atoms with E-state index in [1.807, 2.05) is 6.92 Å². The van der Waals surface area contributed by atoms with Crippen LogP contribution in [0.25, 0.3) is 11.1 Å². The number of H-pyrrole nitrogens is 1. The Kier molecular flexibility index (Phi) is 4.89. The SMILES string of the molecule is CCc1c(C(=O)OC(C)(C)C)[nH]c(C=O)c1-c1ccccc1C#N. The second kappa shape index (κ2) is 6.71. The molecule has 0 fully saturated rings.